The van der Waals surface area contributed by atoms with E-state index in [4.69, 9.17) is 4.74 Å². The van der Waals surface area contributed by atoms with Gasteiger partial charge in [0, 0.05) is 18.3 Å². The molecule has 32 heavy (non-hydrogen) atoms. The molecule has 2 fully saturated rings. The molecule has 2 aliphatic rings. The van der Waals surface area contributed by atoms with E-state index in [2.05, 4.69) is 46.8 Å². The number of benzene rings is 1. The molecule has 3 heteroatoms. The number of hydrogen-bond acceptors (Lipinski definition) is 3. The Labute approximate surface area is 194 Å². The van der Waals surface area contributed by atoms with E-state index in [1.807, 2.05) is 19.2 Å². The van der Waals surface area contributed by atoms with Crippen LogP contribution in [-0.4, -0.2) is 29.6 Å². The maximum absolute atomic E-state index is 5.72. The molecule has 1 saturated heterocycles. The van der Waals surface area contributed by atoms with Crippen molar-refractivity contribution in [2.75, 3.05) is 19.7 Å². The highest BCUT2D eigenvalue weighted by Crippen LogP contribution is 2.34. The predicted molar refractivity (Wildman–Crippen MR) is 134 cm³/mol. The van der Waals surface area contributed by atoms with E-state index in [0.29, 0.717) is 12.5 Å². The van der Waals surface area contributed by atoms with Crippen LogP contribution >= 0.6 is 0 Å². The van der Waals surface area contributed by atoms with Crippen molar-refractivity contribution >= 4 is 5.57 Å². The fourth-order valence-corrected chi connectivity index (χ4v) is 5.60. The second-order valence-corrected chi connectivity index (χ2v) is 9.68. The summed E-state index contributed by atoms with van der Waals surface area (Å²) in [6.45, 7) is 10.4. The number of likely N-dealkylation sites (tertiary alicyclic amines) is 1. The number of hydrogen-bond donors (Lipinski definition) is 0. The molecule has 0 radical (unpaired) electrons. The molecule has 0 unspecified atom stereocenters. The molecule has 0 bridgehead atoms. The van der Waals surface area contributed by atoms with Crippen LogP contribution in [0.4, 0.5) is 0 Å². The quantitative estimate of drug-likeness (QED) is 0.430. The summed E-state index contributed by atoms with van der Waals surface area (Å²) in [4.78, 5) is 6.95. The second kappa shape index (κ2) is 11.7. The Hall–Kier alpha value is -2.13. The zero-order valence-electron chi connectivity index (χ0n) is 19.9. The summed E-state index contributed by atoms with van der Waals surface area (Å²) in [7, 11) is 0. The van der Waals surface area contributed by atoms with Gasteiger partial charge in [0.05, 0.1) is 6.61 Å². The number of ether oxygens (including phenoxy) is 1. The standard InChI is InChI=1S/C29H40N2O/c1-3-32-29-27(13-9-19-30-29)22-31-20-17-25(18-21-31)23(2)28-14-8-7-12-26(28)16-15-24-10-5-4-6-11-24/h7-9,12-14,19,24-25H,2-6,10-11,15-18,20-22H2,1H3. The van der Waals surface area contributed by atoms with Crippen LogP contribution in [0.3, 0.4) is 0 Å². The van der Waals surface area contributed by atoms with Crippen molar-refractivity contribution in [1.29, 1.82) is 0 Å². The highest BCUT2D eigenvalue weighted by Gasteiger charge is 2.24. The lowest BCUT2D eigenvalue weighted by atomic mass is 9.81. The highest BCUT2D eigenvalue weighted by molar-refractivity contribution is 5.68. The number of rotatable bonds is 9. The van der Waals surface area contributed by atoms with E-state index in [-0.39, 0.29) is 0 Å². The lowest BCUT2D eigenvalue weighted by Gasteiger charge is -2.33. The summed E-state index contributed by atoms with van der Waals surface area (Å²) in [5.74, 6) is 2.30. The Morgan fingerprint density at radius 1 is 1.00 bits per heavy atom. The van der Waals surface area contributed by atoms with E-state index in [1.165, 1.54) is 80.1 Å². The molecule has 0 N–H and O–H groups in total. The first kappa shape index (κ1) is 23.0. The Bertz CT molecular complexity index is 863. The summed E-state index contributed by atoms with van der Waals surface area (Å²) < 4.78 is 5.72. The van der Waals surface area contributed by atoms with Gasteiger partial charge in [-0.25, -0.2) is 4.98 Å². The number of piperidine rings is 1. The van der Waals surface area contributed by atoms with Gasteiger partial charge < -0.3 is 4.74 Å². The maximum Gasteiger partial charge on any atom is 0.217 e. The minimum absolute atomic E-state index is 0.586. The van der Waals surface area contributed by atoms with E-state index >= 15 is 0 Å². The third kappa shape index (κ3) is 6.01. The van der Waals surface area contributed by atoms with Crippen LogP contribution in [0, 0.1) is 11.8 Å². The number of allylic oxidation sites excluding steroid dienone is 1. The second-order valence-electron chi connectivity index (χ2n) is 9.68. The summed E-state index contributed by atoms with van der Waals surface area (Å²) in [6.07, 6.45) is 13.9. The molecular formula is C29H40N2O. The van der Waals surface area contributed by atoms with Gasteiger partial charge in [-0.05, 0) is 80.3 Å². The zero-order valence-corrected chi connectivity index (χ0v) is 19.9. The molecule has 1 aromatic carbocycles. The van der Waals surface area contributed by atoms with Gasteiger partial charge in [0.15, 0.2) is 0 Å². The predicted octanol–water partition coefficient (Wildman–Crippen LogP) is 6.92. The number of nitrogens with zero attached hydrogens (tertiary/aromatic N) is 2. The van der Waals surface area contributed by atoms with Crippen LogP contribution in [0.15, 0.2) is 49.2 Å². The summed E-state index contributed by atoms with van der Waals surface area (Å²) in [5.41, 5.74) is 5.50. The van der Waals surface area contributed by atoms with Crippen molar-refractivity contribution in [2.24, 2.45) is 11.8 Å². The lowest BCUT2D eigenvalue weighted by molar-refractivity contribution is 0.195. The third-order valence-corrected chi connectivity index (χ3v) is 7.52. The molecule has 0 spiro atoms. The Kier molecular flexibility index (Phi) is 8.39. The molecule has 4 rings (SSSR count). The first-order chi connectivity index (χ1) is 15.7. The molecule has 2 aromatic rings. The van der Waals surface area contributed by atoms with Gasteiger partial charge in [-0.15, -0.1) is 0 Å². The molecule has 2 heterocycles. The van der Waals surface area contributed by atoms with Gasteiger partial charge in [0.1, 0.15) is 0 Å². The molecule has 172 valence electrons. The Balaban J connectivity index is 1.33. The van der Waals surface area contributed by atoms with Gasteiger partial charge in [-0.1, -0.05) is 69.0 Å². The van der Waals surface area contributed by atoms with Crippen molar-refractivity contribution in [1.82, 2.24) is 9.88 Å². The van der Waals surface area contributed by atoms with Crippen LogP contribution < -0.4 is 4.74 Å². The minimum Gasteiger partial charge on any atom is -0.478 e. The van der Waals surface area contributed by atoms with Crippen molar-refractivity contribution in [2.45, 2.75) is 71.3 Å². The average Bonchev–Trinajstić information content (AvgIpc) is 2.85. The van der Waals surface area contributed by atoms with Gasteiger partial charge >= 0.3 is 0 Å². The minimum atomic E-state index is 0.586. The monoisotopic (exact) mass is 432 g/mol. The van der Waals surface area contributed by atoms with E-state index in [0.717, 1.165) is 31.4 Å². The summed E-state index contributed by atoms with van der Waals surface area (Å²) in [6, 6.07) is 13.2. The van der Waals surface area contributed by atoms with E-state index in [1.54, 1.807) is 0 Å². The smallest absolute Gasteiger partial charge is 0.217 e. The molecule has 1 aromatic heterocycles. The molecule has 3 nitrogen and oxygen atoms in total. The summed E-state index contributed by atoms with van der Waals surface area (Å²) >= 11 is 0. The molecule has 1 aliphatic heterocycles. The van der Waals surface area contributed by atoms with Crippen molar-refractivity contribution in [3.8, 4) is 5.88 Å². The normalized spacial score (nSPS) is 18.5. The first-order valence-electron chi connectivity index (χ1n) is 12.8. The van der Waals surface area contributed by atoms with Gasteiger partial charge in [0.2, 0.25) is 5.88 Å². The lowest BCUT2D eigenvalue weighted by Crippen LogP contribution is -2.33. The van der Waals surface area contributed by atoms with Crippen molar-refractivity contribution in [3.05, 3.63) is 65.9 Å². The fraction of sp³-hybridized carbons (Fsp3) is 0.552. The molecule has 0 atom stereocenters. The topological polar surface area (TPSA) is 25.4 Å². The van der Waals surface area contributed by atoms with Crippen LogP contribution in [0.2, 0.25) is 0 Å². The van der Waals surface area contributed by atoms with E-state index < -0.39 is 0 Å². The van der Waals surface area contributed by atoms with Crippen LogP contribution in [0.25, 0.3) is 5.57 Å². The fourth-order valence-electron chi connectivity index (χ4n) is 5.60. The SMILES string of the molecule is C=C(c1ccccc1CCC1CCCCC1)C1CCN(Cc2cccnc2OCC)CC1. The number of aromatic nitrogens is 1. The zero-order chi connectivity index (χ0) is 22.2. The van der Waals surface area contributed by atoms with Gasteiger partial charge in [0.25, 0.3) is 0 Å². The van der Waals surface area contributed by atoms with Gasteiger partial charge in [-0.3, -0.25) is 4.90 Å². The Morgan fingerprint density at radius 3 is 2.53 bits per heavy atom. The number of pyridine rings is 1. The van der Waals surface area contributed by atoms with Crippen LogP contribution in [0.5, 0.6) is 5.88 Å². The Morgan fingerprint density at radius 2 is 1.75 bits per heavy atom. The van der Waals surface area contributed by atoms with Crippen LogP contribution in [-0.2, 0) is 13.0 Å². The number of aryl methyl sites for hydroxylation is 1. The first-order valence-corrected chi connectivity index (χ1v) is 12.8. The third-order valence-electron chi connectivity index (χ3n) is 7.52. The molecular weight excluding hydrogens is 392 g/mol. The average molecular weight is 433 g/mol. The van der Waals surface area contributed by atoms with Gasteiger partial charge in [-0.2, -0.15) is 0 Å². The van der Waals surface area contributed by atoms with E-state index in [9.17, 15) is 0 Å². The molecule has 0 amide bonds. The van der Waals surface area contributed by atoms with Crippen molar-refractivity contribution in [3.63, 3.8) is 0 Å². The van der Waals surface area contributed by atoms with Crippen LogP contribution in [0.1, 0.15) is 75.0 Å². The molecule has 1 aliphatic carbocycles. The summed E-state index contributed by atoms with van der Waals surface area (Å²) in [5, 5.41) is 0. The van der Waals surface area contributed by atoms with Crippen molar-refractivity contribution < 1.29 is 4.74 Å². The molecule has 1 saturated carbocycles. The largest absolute Gasteiger partial charge is 0.478 e. The maximum atomic E-state index is 5.72. The highest BCUT2D eigenvalue weighted by atomic mass is 16.5.